The molecule has 2 heterocycles. The number of nitrogens with one attached hydrogen (secondary N) is 1. The van der Waals surface area contributed by atoms with E-state index >= 15 is 0 Å². The van der Waals surface area contributed by atoms with Crippen LogP contribution in [0.4, 0.5) is 13.2 Å². The van der Waals surface area contributed by atoms with Crippen LogP contribution in [-0.4, -0.2) is 29.1 Å². The Morgan fingerprint density at radius 1 is 1.29 bits per heavy atom. The number of carbonyl (C=O) groups excluding carboxylic acids is 1. The number of amides is 1. The summed E-state index contributed by atoms with van der Waals surface area (Å²) in [5.74, 6) is -0.328. The molecule has 8 heteroatoms. The van der Waals surface area contributed by atoms with Gasteiger partial charge in [0.25, 0.3) is 5.91 Å². The van der Waals surface area contributed by atoms with E-state index in [2.05, 4.69) is 10.3 Å². The number of rotatable bonds is 7. The van der Waals surface area contributed by atoms with E-state index in [-0.39, 0.29) is 18.1 Å². The lowest BCUT2D eigenvalue weighted by molar-refractivity contribution is -0.141. The number of thiophene rings is 1. The van der Waals surface area contributed by atoms with E-state index in [9.17, 15) is 18.0 Å². The molecule has 2 rings (SSSR count). The molecule has 4 nitrogen and oxygen atoms in total. The number of alkyl halides is 3. The van der Waals surface area contributed by atoms with Crippen LogP contribution in [-0.2, 0) is 6.18 Å². The molecule has 130 valence electrons. The van der Waals surface area contributed by atoms with Gasteiger partial charge >= 0.3 is 6.18 Å². The molecule has 2 N–H and O–H groups in total. The zero-order chi connectivity index (χ0) is 17.6. The summed E-state index contributed by atoms with van der Waals surface area (Å²) in [5, 5.41) is 13.8. The van der Waals surface area contributed by atoms with Gasteiger partial charge in [0.2, 0.25) is 0 Å². The molecule has 0 saturated heterocycles. The summed E-state index contributed by atoms with van der Waals surface area (Å²) in [6.45, 7) is 0.418. The predicted molar refractivity (Wildman–Crippen MR) is 85.0 cm³/mol. The number of aromatic nitrogens is 1. The van der Waals surface area contributed by atoms with Gasteiger partial charge in [-0.25, -0.2) is 0 Å². The average molecular weight is 358 g/mol. The minimum Gasteiger partial charge on any atom is -0.396 e. The van der Waals surface area contributed by atoms with Gasteiger partial charge in [-0.2, -0.15) is 13.2 Å². The normalized spacial score (nSPS) is 12.8. The molecular formula is C16H17F3N2O2S. The third-order valence-corrected chi connectivity index (χ3v) is 4.55. The van der Waals surface area contributed by atoms with Crippen molar-refractivity contribution in [2.75, 3.05) is 13.2 Å². The van der Waals surface area contributed by atoms with Crippen molar-refractivity contribution < 1.29 is 23.1 Å². The lowest BCUT2D eigenvalue weighted by Gasteiger charge is -2.14. The van der Waals surface area contributed by atoms with Gasteiger partial charge in [0.05, 0.1) is 5.56 Å². The van der Waals surface area contributed by atoms with E-state index in [1.165, 1.54) is 0 Å². The third kappa shape index (κ3) is 5.04. The Morgan fingerprint density at radius 2 is 2.08 bits per heavy atom. The summed E-state index contributed by atoms with van der Waals surface area (Å²) >= 11 is 1.59. The number of carbonyl (C=O) groups is 1. The van der Waals surface area contributed by atoms with E-state index in [1.54, 1.807) is 11.3 Å². The van der Waals surface area contributed by atoms with Crippen LogP contribution in [0, 0.1) is 0 Å². The molecule has 24 heavy (non-hydrogen) atoms. The van der Waals surface area contributed by atoms with Gasteiger partial charge < -0.3 is 10.4 Å². The van der Waals surface area contributed by atoms with Gasteiger partial charge in [0.1, 0.15) is 5.69 Å². The van der Waals surface area contributed by atoms with Crippen molar-refractivity contribution >= 4 is 17.2 Å². The Kier molecular flexibility index (Phi) is 6.33. The van der Waals surface area contributed by atoms with E-state index < -0.39 is 17.8 Å². The van der Waals surface area contributed by atoms with Gasteiger partial charge in [-0.3, -0.25) is 9.78 Å². The van der Waals surface area contributed by atoms with Gasteiger partial charge in [0, 0.05) is 24.2 Å². The van der Waals surface area contributed by atoms with Crippen molar-refractivity contribution in [3.05, 3.63) is 52.0 Å². The average Bonchev–Trinajstić information content (AvgIpc) is 3.07. The molecular weight excluding hydrogens is 341 g/mol. The summed E-state index contributed by atoms with van der Waals surface area (Å²) in [6, 6.07) is 5.80. The SMILES string of the molecule is O=C(NCCC(CCO)c1cccs1)c1ccc(C(F)(F)F)nc1. The maximum atomic E-state index is 12.4. The Bertz CT molecular complexity index is 642. The summed E-state index contributed by atoms with van der Waals surface area (Å²) in [7, 11) is 0. The lowest BCUT2D eigenvalue weighted by Crippen LogP contribution is -2.26. The molecule has 0 saturated carbocycles. The molecule has 0 aliphatic rings. The van der Waals surface area contributed by atoms with E-state index in [4.69, 9.17) is 5.11 Å². The first kappa shape index (κ1) is 18.4. The third-order valence-electron chi connectivity index (χ3n) is 3.52. The van der Waals surface area contributed by atoms with E-state index in [0.717, 1.165) is 23.2 Å². The fourth-order valence-corrected chi connectivity index (χ4v) is 3.17. The molecule has 0 radical (unpaired) electrons. The molecule has 2 aromatic rings. The van der Waals surface area contributed by atoms with Crippen molar-refractivity contribution in [2.45, 2.75) is 24.9 Å². The minimum absolute atomic E-state index is 0.0549. The van der Waals surface area contributed by atoms with Crippen molar-refractivity contribution in [1.82, 2.24) is 10.3 Å². The second kappa shape index (κ2) is 8.25. The first-order chi connectivity index (χ1) is 11.4. The molecule has 2 aromatic heterocycles. The maximum Gasteiger partial charge on any atom is 0.433 e. The molecule has 1 amide bonds. The van der Waals surface area contributed by atoms with Crippen LogP contribution in [0.2, 0.25) is 0 Å². The minimum atomic E-state index is -4.52. The molecule has 0 bridgehead atoms. The molecule has 0 aliphatic heterocycles. The van der Waals surface area contributed by atoms with Crippen molar-refractivity contribution in [2.24, 2.45) is 0 Å². The lowest BCUT2D eigenvalue weighted by atomic mass is 10.00. The van der Waals surface area contributed by atoms with Crippen LogP contribution in [0.3, 0.4) is 0 Å². The number of pyridine rings is 1. The monoisotopic (exact) mass is 358 g/mol. The van der Waals surface area contributed by atoms with Gasteiger partial charge in [0.15, 0.2) is 0 Å². The van der Waals surface area contributed by atoms with Crippen LogP contribution < -0.4 is 5.32 Å². The zero-order valence-electron chi connectivity index (χ0n) is 12.7. The van der Waals surface area contributed by atoms with Gasteiger partial charge in [-0.15, -0.1) is 11.3 Å². The number of aliphatic hydroxyl groups excluding tert-OH is 1. The van der Waals surface area contributed by atoms with Crippen LogP contribution in [0.1, 0.15) is 39.7 Å². The molecule has 1 unspecified atom stereocenters. The number of aliphatic hydroxyl groups is 1. The van der Waals surface area contributed by atoms with Crippen LogP contribution in [0.15, 0.2) is 35.8 Å². The van der Waals surface area contributed by atoms with Crippen LogP contribution in [0.5, 0.6) is 0 Å². The Balaban J connectivity index is 1.88. The Labute approximate surface area is 141 Å². The Morgan fingerprint density at radius 3 is 2.62 bits per heavy atom. The summed E-state index contributed by atoms with van der Waals surface area (Å²) in [5.41, 5.74) is -0.947. The van der Waals surface area contributed by atoms with Crippen molar-refractivity contribution in [3.63, 3.8) is 0 Å². The quantitative estimate of drug-likeness (QED) is 0.797. The highest BCUT2D eigenvalue weighted by Crippen LogP contribution is 2.28. The molecule has 0 fully saturated rings. The first-order valence-electron chi connectivity index (χ1n) is 7.37. The summed E-state index contributed by atoms with van der Waals surface area (Å²) in [4.78, 5) is 16.4. The fourth-order valence-electron chi connectivity index (χ4n) is 2.27. The van der Waals surface area contributed by atoms with E-state index in [0.29, 0.717) is 19.4 Å². The summed E-state index contributed by atoms with van der Waals surface area (Å²) in [6.07, 6.45) is -2.37. The highest BCUT2D eigenvalue weighted by atomic mass is 32.1. The second-order valence-corrected chi connectivity index (χ2v) is 6.18. The second-order valence-electron chi connectivity index (χ2n) is 5.20. The van der Waals surface area contributed by atoms with Crippen molar-refractivity contribution in [3.8, 4) is 0 Å². The molecule has 0 aliphatic carbocycles. The van der Waals surface area contributed by atoms with Gasteiger partial charge in [-0.05, 0) is 42.3 Å². The molecule has 1 atom stereocenters. The zero-order valence-corrected chi connectivity index (χ0v) is 13.5. The topological polar surface area (TPSA) is 62.2 Å². The largest absolute Gasteiger partial charge is 0.433 e. The number of halogens is 3. The standard InChI is InChI=1S/C16H17F3N2O2S/c17-16(18,19)14-4-3-12(10-21-14)15(23)20-7-5-11(6-8-22)13-2-1-9-24-13/h1-4,9-11,22H,5-8H2,(H,20,23). The van der Waals surface area contributed by atoms with E-state index in [1.807, 2.05) is 17.5 Å². The fraction of sp³-hybridized carbons (Fsp3) is 0.375. The summed E-state index contributed by atoms with van der Waals surface area (Å²) < 4.78 is 37.3. The van der Waals surface area contributed by atoms with Crippen molar-refractivity contribution in [1.29, 1.82) is 0 Å². The predicted octanol–water partition coefficient (Wildman–Crippen LogP) is 3.45. The molecule has 0 spiro atoms. The van der Waals surface area contributed by atoms with Gasteiger partial charge in [-0.1, -0.05) is 6.07 Å². The van der Waals surface area contributed by atoms with Crippen LogP contribution >= 0.6 is 11.3 Å². The number of hydrogen-bond donors (Lipinski definition) is 2. The highest BCUT2D eigenvalue weighted by molar-refractivity contribution is 7.10. The first-order valence-corrected chi connectivity index (χ1v) is 8.25. The number of hydrogen-bond acceptors (Lipinski definition) is 4. The maximum absolute atomic E-state index is 12.4. The molecule has 0 aromatic carbocycles. The number of nitrogens with zero attached hydrogens (tertiary/aromatic N) is 1. The van der Waals surface area contributed by atoms with Crippen LogP contribution in [0.25, 0.3) is 0 Å². The Hall–Kier alpha value is -1.93. The highest BCUT2D eigenvalue weighted by Gasteiger charge is 2.32. The smallest absolute Gasteiger partial charge is 0.396 e.